The van der Waals surface area contributed by atoms with Crippen molar-refractivity contribution in [1.29, 1.82) is 0 Å². The Morgan fingerprint density at radius 2 is 2.32 bits per heavy atom. The first-order valence-electron chi connectivity index (χ1n) is 9.47. The first kappa shape index (κ1) is 8.42. The minimum atomic E-state index is -3.88. The van der Waals surface area contributed by atoms with Gasteiger partial charge in [0.2, 0.25) is 0 Å². The second kappa shape index (κ2) is 6.06. The van der Waals surface area contributed by atoms with E-state index in [4.69, 9.17) is 8.22 Å². The molecule has 19 heavy (non-hydrogen) atoms. The number of hydrogen-bond acceptors (Lipinski definition) is 3. The smallest absolute Gasteiger partial charge is 0.175 e. The van der Waals surface area contributed by atoms with E-state index >= 15 is 0 Å². The first-order valence-corrected chi connectivity index (χ1v) is 8.36. The van der Waals surface area contributed by atoms with E-state index in [0.29, 0.717) is 25.8 Å². The third-order valence-corrected chi connectivity index (χ3v) is 4.15. The van der Waals surface area contributed by atoms with Crippen LogP contribution in [0.5, 0.6) is 0 Å². The molecule has 0 aliphatic carbocycles. The van der Waals surface area contributed by atoms with Gasteiger partial charge in [0.25, 0.3) is 0 Å². The Morgan fingerprint density at radius 3 is 3.00 bits per heavy atom. The largest absolute Gasteiger partial charge is 0.303 e. The zero-order valence-electron chi connectivity index (χ0n) is 17.3. The van der Waals surface area contributed by atoms with Crippen molar-refractivity contribution in [2.75, 3.05) is 25.8 Å². The van der Waals surface area contributed by atoms with E-state index in [1.165, 1.54) is 0 Å². The van der Waals surface area contributed by atoms with Gasteiger partial charge in [0.15, 0.2) is 9.84 Å². The van der Waals surface area contributed by atoms with E-state index in [1.54, 1.807) is 11.8 Å². The van der Waals surface area contributed by atoms with E-state index in [0.717, 1.165) is 6.26 Å². The molecular formula is C15H23NO2S. The fraction of sp³-hybridized carbons (Fsp3) is 0.600. The van der Waals surface area contributed by atoms with Crippen molar-refractivity contribution in [3.63, 3.8) is 0 Å². The highest BCUT2D eigenvalue weighted by Crippen LogP contribution is 2.28. The lowest BCUT2D eigenvalue weighted by Gasteiger charge is -2.32. The third kappa shape index (κ3) is 3.80. The van der Waals surface area contributed by atoms with Crippen LogP contribution in [0.4, 0.5) is 0 Å². The van der Waals surface area contributed by atoms with E-state index in [9.17, 15) is 8.42 Å². The molecule has 0 amide bonds. The third-order valence-electron chi connectivity index (χ3n) is 3.20. The highest BCUT2D eigenvalue weighted by molar-refractivity contribution is 7.90. The van der Waals surface area contributed by atoms with Gasteiger partial charge in [0.05, 0.1) is 10.4 Å². The highest BCUT2D eigenvalue weighted by atomic mass is 32.2. The summed E-state index contributed by atoms with van der Waals surface area (Å²) < 4.78 is 72.3. The molecule has 0 radical (unpaired) electrons. The Bertz CT molecular complexity index is 781. The SMILES string of the molecule is [2H]c1c([2H])c(C2CCCN(C([2H])([2H])CC)C2)c([2H])c(S(C)(=O)=O)c1[2H]. The van der Waals surface area contributed by atoms with Gasteiger partial charge in [-0.25, -0.2) is 8.42 Å². The Kier molecular flexibility index (Phi) is 2.68. The number of nitrogens with zero attached hydrogens (tertiary/aromatic N) is 1. The average molecular weight is 287 g/mol. The molecule has 1 aliphatic rings. The molecule has 1 atom stereocenters. The van der Waals surface area contributed by atoms with Gasteiger partial charge in [-0.1, -0.05) is 19.0 Å². The molecule has 1 saturated heterocycles. The minimum Gasteiger partial charge on any atom is -0.303 e. The quantitative estimate of drug-likeness (QED) is 0.854. The Labute approximate surface area is 125 Å². The molecule has 1 fully saturated rings. The van der Waals surface area contributed by atoms with Crippen molar-refractivity contribution in [2.45, 2.75) is 37.0 Å². The van der Waals surface area contributed by atoms with Gasteiger partial charge in [-0.2, -0.15) is 0 Å². The van der Waals surface area contributed by atoms with Gasteiger partial charge in [0, 0.05) is 15.5 Å². The standard InChI is InChI=1S/C15H23NO2S/c1-3-9-16-10-5-7-14(12-16)13-6-4-8-15(11-13)19(2,17)18/h4,6,8,11,14H,3,5,7,9-10,12H2,1-2H3/i4D,6D,8D,9D2,11D. The maximum Gasteiger partial charge on any atom is 0.175 e. The topological polar surface area (TPSA) is 37.4 Å². The Balaban J connectivity index is 2.58. The van der Waals surface area contributed by atoms with Gasteiger partial charge in [-0.3, -0.25) is 0 Å². The number of benzene rings is 1. The van der Waals surface area contributed by atoms with Crippen LogP contribution < -0.4 is 0 Å². The molecule has 4 heteroatoms. The summed E-state index contributed by atoms with van der Waals surface area (Å²) in [7, 11) is -3.88. The molecule has 1 aromatic rings. The monoisotopic (exact) mass is 287 g/mol. The highest BCUT2D eigenvalue weighted by Gasteiger charge is 2.21. The summed E-state index contributed by atoms with van der Waals surface area (Å²) in [5.41, 5.74) is 0.137. The van der Waals surface area contributed by atoms with Crippen molar-refractivity contribution in [1.82, 2.24) is 4.90 Å². The molecule has 1 unspecified atom stereocenters. The van der Waals surface area contributed by atoms with Crippen molar-refractivity contribution >= 4 is 9.84 Å². The van der Waals surface area contributed by atoms with Gasteiger partial charge >= 0.3 is 0 Å². The molecule has 0 saturated carbocycles. The lowest BCUT2D eigenvalue weighted by atomic mass is 9.90. The second-order valence-corrected chi connectivity index (χ2v) is 6.76. The fourth-order valence-corrected chi connectivity index (χ4v) is 2.84. The molecule has 0 spiro atoms. The number of piperidine rings is 1. The van der Waals surface area contributed by atoms with Gasteiger partial charge in [-0.05, 0) is 55.9 Å². The molecular weight excluding hydrogens is 258 g/mol. The average Bonchev–Trinajstić information content (AvgIpc) is 2.52. The summed E-state index contributed by atoms with van der Waals surface area (Å²) in [4.78, 5) is 1.14. The lowest BCUT2D eigenvalue weighted by molar-refractivity contribution is 0.208. The molecule has 0 N–H and O–H groups in total. The van der Waals surface area contributed by atoms with E-state index in [-0.39, 0.29) is 18.2 Å². The first-order chi connectivity index (χ1) is 11.4. The maximum absolute atomic E-state index is 12.0. The van der Waals surface area contributed by atoms with Gasteiger partial charge < -0.3 is 4.90 Å². The molecule has 0 aromatic heterocycles. The van der Waals surface area contributed by atoms with Crippen LogP contribution in [0.2, 0.25) is 0 Å². The molecule has 1 aromatic carbocycles. The number of sulfone groups is 1. The van der Waals surface area contributed by atoms with Crippen LogP contribution in [0.1, 0.15) is 45.9 Å². The van der Waals surface area contributed by atoms with Crippen LogP contribution in [-0.2, 0) is 9.84 Å². The van der Waals surface area contributed by atoms with E-state index in [1.807, 2.05) is 0 Å². The van der Waals surface area contributed by atoms with Crippen molar-refractivity contribution in [3.8, 4) is 0 Å². The number of likely N-dealkylation sites (tertiary alicyclic amines) is 1. The van der Waals surface area contributed by atoms with Crippen molar-refractivity contribution in [2.24, 2.45) is 0 Å². The molecule has 1 aliphatic heterocycles. The summed E-state index contributed by atoms with van der Waals surface area (Å²) in [5, 5.41) is 0. The zero-order chi connectivity index (χ0) is 19.2. The van der Waals surface area contributed by atoms with E-state index in [2.05, 4.69) is 0 Å². The molecule has 1 heterocycles. The summed E-state index contributed by atoms with van der Waals surface area (Å²) >= 11 is 0. The van der Waals surface area contributed by atoms with Crippen LogP contribution in [0.15, 0.2) is 29.1 Å². The van der Waals surface area contributed by atoms with Crippen LogP contribution in [0, 0.1) is 0 Å². The van der Waals surface area contributed by atoms with Gasteiger partial charge in [-0.15, -0.1) is 0 Å². The molecule has 0 bridgehead atoms. The predicted octanol–water partition coefficient (Wildman–Crippen LogP) is 2.68. The maximum atomic E-state index is 12.0. The van der Waals surface area contributed by atoms with Crippen LogP contribution >= 0.6 is 0 Å². The molecule has 3 nitrogen and oxygen atoms in total. The fourth-order valence-electron chi connectivity index (χ4n) is 2.31. The summed E-state index contributed by atoms with van der Waals surface area (Å²) in [5.74, 6) is -0.402. The number of rotatable bonds is 4. The normalized spacial score (nSPS) is 26.7. The lowest BCUT2D eigenvalue weighted by Crippen LogP contribution is -2.34. The van der Waals surface area contributed by atoms with E-state index < -0.39 is 45.3 Å². The predicted molar refractivity (Wildman–Crippen MR) is 78.3 cm³/mol. The van der Waals surface area contributed by atoms with Crippen LogP contribution in [-0.4, -0.2) is 39.2 Å². The second-order valence-electron chi connectivity index (χ2n) is 4.81. The zero-order valence-corrected chi connectivity index (χ0v) is 12.1. The van der Waals surface area contributed by atoms with Crippen LogP contribution in [0.25, 0.3) is 0 Å². The molecule has 2 rings (SSSR count). The van der Waals surface area contributed by atoms with Crippen molar-refractivity contribution in [3.05, 3.63) is 29.7 Å². The summed E-state index contributed by atoms with van der Waals surface area (Å²) in [6, 6.07) is -1.80. The van der Waals surface area contributed by atoms with Gasteiger partial charge in [0.1, 0.15) is 0 Å². The summed E-state index contributed by atoms with van der Waals surface area (Å²) in [6.45, 7) is 1.05. The Morgan fingerprint density at radius 1 is 1.53 bits per heavy atom. The number of hydrogen-bond donors (Lipinski definition) is 0. The van der Waals surface area contributed by atoms with Crippen molar-refractivity contribution < 1.29 is 16.6 Å². The molecule has 106 valence electrons. The Hall–Kier alpha value is -0.870. The minimum absolute atomic E-state index is 0.137. The summed E-state index contributed by atoms with van der Waals surface area (Å²) in [6.07, 6.45) is 2.44. The van der Waals surface area contributed by atoms with Crippen LogP contribution in [0.3, 0.4) is 0 Å².